The fraction of sp³-hybridized carbons (Fsp3) is 0.435. The van der Waals surface area contributed by atoms with Gasteiger partial charge in [-0.2, -0.15) is 5.26 Å². The second kappa shape index (κ2) is 7.57. The van der Waals surface area contributed by atoms with Crippen LogP contribution in [0.4, 0.5) is 14.6 Å². The smallest absolute Gasteiger partial charge is 0.223 e. The first-order valence-corrected chi connectivity index (χ1v) is 10.6. The molecule has 2 atom stereocenters. The Labute approximate surface area is 179 Å². The van der Waals surface area contributed by atoms with Crippen molar-refractivity contribution in [1.29, 1.82) is 5.26 Å². The average molecular weight is 423 g/mol. The standard InChI is InChI=1S/C23H23F2N5O/c24-19-3-2-16(9-20(19)25)23(6-7-23)28-8-5-22(31)29-13-17-10-18(14-29)30(17)21-4-1-15(11-26)12-27-21/h1-4,9,12,17-18,28H,5-8,10,13-14H2. The first-order valence-electron chi connectivity index (χ1n) is 10.6. The Morgan fingerprint density at radius 1 is 1.19 bits per heavy atom. The number of carbonyl (C=O) groups excluding carboxylic acids is 1. The van der Waals surface area contributed by atoms with Crippen LogP contribution in [0.3, 0.4) is 0 Å². The molecule has 0 radical (unpaired) electrons. The van der Waals surface area contributed by atoms with Crippen LogP contribution >= 0.6 is 0 Å². The van der Waals surface area contributed by atoms with Crippen molar-refractivity contribution in [2.24, 2.45) is 0 Å². The fourth-order valence-corrected chi connectivity index (χ4v) is 4.85. The summed E-state index contributed by atoms with van der Waals surface area (Å²) in [5.74, 6) is -0.717. The topological polar surface area (TPSA) is 72.3 Å². The van der Waals surface area contributed by atoms with Gasteiger partial charge in [-0.15, -0.1) is 0 Å². The Bertz CT molecular complexity index is 1030. The number of piperidine rings is 1. The van der Waals surface area contributed by atoms with Gasteiger partial charge in [0.25, 0.3) is 0 Å². The van der Waals surface area contributed by atoms with Crippen LogP contribution in [0.2, 0.25) is 0 Å². The maximum atomic E-state index is 13.6. The molecule has 31 heavy (non-hydrogen) atoms. The van der Waals surface area contributed by atoms with E-state index in [1.807, 2.05) is 11.0 Å². The Morgan fingerprint density at radius 2 is 1.97 bits per heavy atom. The lowest BCUT2D eigenvalue weighted by molar-refractivity contribution is -0.134. The summed E-state index contributed by atoms with van der Waals surface area (Å²) < 4.78 is 26.8. The molecule has 2 aromatic rings. The maximum absolute atomic E-state index is 13.6. The molecule has 4 aliphatic rings. The van der Waals surface area contributed by atoms with Gasteiger partial charge in [-0.3, -0.25) is 4.79 Å². The highest BCUT2D eigenvalue weighted by molar-refractivity contribution is 5.77. The minimum atomic E-state index is -0.844. The molecule has 4 fully saturated rings. The normalized spacial score (nSPS) is 23.1. The number of carbonyl (C=O) groups is 1. The highest BCUT2D eigenvalue weighted by Crippen LogP contribution is 2.45. The van der Waals surface area contributed by atoms with E-state index in [9.17, 15) is 13.6 Å². The van der Waals surface area contributed by atoms with Crippen LogP contribution in [0.1, 0.15) is 36.8 Å². The number of pyridine rings is 1. The third-order valence-electron chi connectivity index (χ3n) is 6.71. The summed E-state index contributed by atoms with van der Waals surface area (Å²) in [5.41, 5.74) is 0.941. The lowest BCUT2D eigenvalue weighted by Crippen LogP contribution is -2.70. The van der Waals surface area contributed by atoms with Gasteiger partial charge in [-0.1, -0.05) is 6.07 Å². The van der Waals surface area contributed by atoms with E-state index in [0.717, 1.165) is 36.7 Å². The molecule has 160 valence electrons. The highest BCUT2D eigenvalue weighted by Gasteiger charge is 2.47. The van der Waals surface area contributed by atoms with Crippen LogP contribution in [0.25, 0.3) is 0 Å². The molecule has 6 nitrogen and oxygen atoms in total. The minimum absolute atomic E-state index is 0.107. The quantitative estimate of drug-likeness (QED) is 0.774. The summed E-state index contributed by atoms with van der Waals surface area (Å²) in [7, 11) is 0. The van der Waals surface area contributed by atoms with E-state index < -0.39 is 11.6 Å². The first kappa shape index (κ1) is 19.9. The van der Waals surface area contributed by atoms with Crippen LogP contribution in [-0.4, -0.2) is 47.5 Å². The van der Waals surface area contributed by atoms with Crippen LogP contribution in [0.5, 0.6) is 0 Å². The molecule has 4 heterocycles. The molecule has 2 bridgehead atoms. The van der Waals surface area contributed by atoms with Gasteiger partial charge < -0.3 is 15.1 Å². The zero-order valence-electron chi connectivity index (χ0n) is 17.0. The van der Waals surface area contributed by atoms with Crippen LogP contribution in [-0.2, 0) is 10.3 Å². The fourth-order valence-electron chi connectivity index (χ4n) is 4.85. The van der Waals surface area contributed by atoms with E-state index >= 15 is 0 Å². The average Bonchev–Trinajstić information content (AvgIpc) is 3.57. The summed E-state index contributed by atoms with van der Waals surface area (Å²) >= 11 is 0. The zero-order chi connectivity index (χ0) is 21.6. The van der Waals surface area contributed by atoms with E-state index in [0.29, 0.717) is 31.6 Å². The minimum Gasteiger partial charge on any atom is -0.347 e. The third-order valence-corrected chi connectivity index (χ3v) is 6.71. The molecule has 1 saturated carbocycles. The molecule has 1 amide bonds. The van der Waals surface area contributed by atoms with Crippen molar-refractivity contribution in [3.8, 4) is 6.07 Å². The van der Waals surface area contributed by atoms with Gasteiger partial charge in [0, 0.05) is 37.8 Å². The zero-order valence-corrected chi connectivity index (χ0v) is 17.0. The molecule has 0 spiro atoms. The van der Waals surface area contributed by atoms with Gasteiger partial charge in [-0.25, -0.2) is 13.8 Å². The molecule has 8 heteroatoms. The summed E-state index contributed by atoms with van der Waals surface area (Å²) in [6, 6.07) is 10.3. The number of amides is 1. The number of fused-ring (bicyclic) bond motifs is 2. The number of halogens is 2. The number of hydrogen-bond donors (Lipinski definition) is 1. The van der Waals surface area contributed by atoms with Gasteiger partial charge in [-0.05, 0) is 49.1 Å². The summed E-state index contributed by atoms with van der Waals surface area (Å²) in [6.45, 7) is 1.85. The number of rotatable bonds is 6. The lowest BCUT2D eigenvalue weighted by Gasteiger charge is -2.57. The molecular weight excluding hydrogens is 400 g/mol. The molecule has 6 rings (SSSR count). The van der Waals surface area contributed by atoms with E-state index in [1.165, 1.54) is 6.07 Å². The van der Waals surface area contributed by atoms with E-state index in [4.69, 9.17) is 5.26 Å². The summed E-state index contributed by atoms with van der Waals surface area (Å²) in [4.78, 5) is 21.3. The SMILES string of the molecule is N#Cc1ccc(N2C3CC2CN(C(=O)CCNC2(c4ccc(F)c(F)c4)CC2)C3)nc1. The number of hydrogen-bond acceptors (Lipinski definition) is 5. The second-order valence-electron chi connectivity index (χ2n) is 8.65. The van der Waals surface area contributed by atoms with Crippen molar-refractivity contribution >= 4 is 11.7 Å². The van der Waals surface area contributed by atoms with Gasteiger partial charge in [0.15, 0.2) is 11.6 Å². The molecule has 3 saturated heterocycles. The maximum Gasteiger partial charge on any atom is 0.223 e. The number of piperazine rings is 1. The number of anilines is 1. The van der Waals surface area contributed by atoms with Gasteiger partial charge in [0.1, 0.15) is 11.9 Å². The van der Waals surface area contributed by atoms with Crippen molar-refractivity contribution in [3.05, 3.63) is 59.3 Å². The van der Waals surface area contributed by atoms with Crippen molar-refractivity contribution in [3.63, 3.8) is 0 Å². The van der Waals surface area contributed by atoms with Gasteiger partial charge in [0.2, 0.25) is 5.91 Å². The van der Waals surface area contributed by atoms with E-state index in [1.54, 1.807) is 18.3 Å². The predicted molar refractivity (Wildman–Crippen MR) is 110 cm³/mol. The number of aromatic nitrogens is 1. The monoisotopic (exact) mass is 423 g/mol. The third kappa shape index (κ3) is 3.63. The highest BCUT2D eigenvalue weighted by atomic mass is 19.2. The number of nitrogens with zero attached hydrogens (tertiary/aromatic N) is 4. The summed E-state index contributed by atoms with van der Waals surface area (Å²) in [5, 5.41) is 12.3. The number of nitrogens with one attached hydrogen (secondary N) is 1. The van der Waals surface area contributed by atoms with Crippen LogP contribution in [0.15, 0.2) is 36.5 Å². The van der Waals surface area contributed by atoms with E-state index in [-0.39, 0.29) is 23.5 Å². The molecule has 2 unspecified atom stereocenters. The molecule has 1 aromatic carbocycles. The number of benzene rings is 1. The Balaban J connectivity index is 1.13. The van der Waals surface area contributed by atoms with Crippen LogP contribution in [0, 0.1) is 23.0 Å². The molecular formula is C23H23F2N5O. The van der Waals surface area contributed by atoms with Gasteiger partial charge >= 0.3 is 0 Å². The second-order valence-corrected chi connectivity index (χ2v) is 8.65. The molecule has 1 aliphatic carbocycles. The Hall–Kier alpha value is -3.05. The van der Waals surface area contributed by atoms with Crippen molar-refractivity contribution in [2.75, 3.05) is 24.5 Å². The van der Waals surface area contributed by atoms with Crippen molar-refractivity contribution in [1.82, 2.24) is 15.2 Å². The Kier molecular flexibility index (Phi) is 4.86. The van der Waals surface area contributed by atoms with Crippen LogP contribution < -0.4 is 10.2 Å². The number of nitriles is 1. The largest absolute Gasteiger partial charge is 0.347 e. The van der Waals surface area contributed by atoms with Crippen molar-refractivity contribution < 1.29 is 13.6 Å². The lowest BCUT2D eigenvalue weighted by atomic mass is 9.87. The Morgan fingerprint density at radius 3 is 2.58 bits per heavy atom. The molecule has 1 aromatic heterocycles. The molecule has 1 N–H and O–H groups in total. The van der Waals surface area contributed by atoms with Gasteiger partial charge in [0.05, 0.1) is 17.6 Å². The first-order chi connectivity index (χ1) is 15.0. The van der Waals surface area contributed by atoms with Crippen molar-refractivity contribution in [2.45, 2.75) is 43.3 Å². The summed E-state index contributed by atoms with van der Waals surface area (Å²) in [6.07, 6.45) is 4.71. The predicted octanol–water partition coefficient (Wildman–Crippen LogP) is 2.69. The van der Waals surface area contributed by atoms with E-state index in [2.05, 4.69) is 21.3 Å². The molecule has 3 aliphatic heterocycles.